The highest BCUT2D eigenvalue weighted by Gasteiger charge is 2.43. The molecule has 0 aliphatic carbocycles. The van der Waals surface area contributed by atoms with Crippen LogP contribution < -0.4 is 4.43 Å². The summed E-state index contributed by atoms with van der Waals surface area (Å²) in [6, 6.07) is 4.17. The fourth-order valence-electron chi connectivity index (χ4n) is 4.76. The van der Waals surface area contributed by atoms with Gasteiger partial charge in [-0.15, -0.1) is 0 Å². The summed E-state index contributed by atoms with van der Waals surface area (Å²) in [6.45, 7) is 23.4. The maximum atomic E-state index is 13.8. The van der Waals surface area contributed by atoms with Crippen LogP contribution in [0.4, 0.5) is 0 Å². The van der Waals surface area contributed by atoms with Gasteiger partial charge in [0.2, 0.25) is 0 Å². The molecule has 0 spiro atoms. The normalized spacial score (nSPS) is 30.0. The van der Waals surface area contributed by atoms with Gasteiger partial charge in [0.15, 0.2) is 5.79 Å². The van der Waals surface area contributed by atoms with E-state index in [1.165, 1.54) is 0 Å². The number of carbonyl (C=O) groups excluding carboxylic acids is 1. The zero-order valence-corrected chi connectivity index (χ0v) is 26.5. The van der Waals surface area contributed by atoms with Crippen LogP contribution in [-0.2, 0) is 20.6 Å². The molecule has 2 heterocycles. The molecule has 1 aromatic carbocycles. The van der Waals surface area contributed by atoms with Gasteiger partial charge in [-0.25, -0.2) is 4.79 Å². The van der Waals surface area contributed by atoms with Crippen molar-refractivity contribution in [1.82, 2.24) is 0 Å². The average Bonchev–Trinajstić information content (AvgIpc) is 3.10. The minimum Gasteiger partial charge on any atom is -0.543 e. The van der Waals surface area contributed by atoms with Crippen molar-refractivity contribution in [3.8, 4) is 5.75 Å². The molecule has 3 rings (SSSR count). The molecule has 0 saturated carbocycles. The summed E-state index contributed by atoms with van der Waals surface area (Å²) in [4.78, 5) is 13.8. The summed E-state index contributed by atoms with van der Waals surface area (Å²) in [7, 11) is -2.22. The Labute approximate surface area is 232 Å². The van der Waals surface area contributed by atoms with Crippen LogP contribution in [-0.4, -0.2) is 38.4 Å². The second-order valence-electron chi connectivity index (χ2n) is 13.2. The topological polar surface area (TPSA) is 54.0 Å². The van der Waals surface area contributed by atoms with E-state index in [1.54, 1.807) is 0 Å². The quantitative estimate of drug-likeness (QED) is 0.217. The Morgan fingerprint density at radius 1 is 1.05 bits per heavy atom. The Morgan fingerprint density at radius 2 is 1.71 bits per heavy atom. The predicted molar refractivity (Wildman–Crippen MR) is 158 cm³/mol. The van der Waals surface area contributed by atoms with E-state index in [0.29, 0.717) is 17.7 Å². The van der Waals surface area contributed by atoms with E-state index in [9.17, 15) is 4.79 Å². The summed E-state index contributed by atoms with van der Waals surface area (Å²) in [5.41, 5.74) is 2.51. The third-order valence-electron chi connectivity index (χ3n) is 8.26. The first-order valence-electron chi connectivity index (χ1n) is 14.3. The highest BCUT2D eigenvalue weighted by molar-refractivity contribution is 6.74. The number of rotatable bonds is 4. The van der Waals surface area contributed by atoms with Crippen molar-refractivity contribution in [2.24, 2.45) is 11.8 Å². The van der Waals surface area contributed by atoms with E-state index in [1.807, 2.05) is 26.8 Å². The maximum Gasteiger partial charge on any atom is 0.342 e. The molecule has 1 fully saturated rings. The molecule has 0 radical (unpaired) electrons. The first-order chi connectivity index (χ1) is 17.5. The Kier molecular flexibility index (Phi) is 9.43. The Bertz CT molecular complexity index is 1050. The zero-order valence-electron chi connectivity index (χ0n) is 25.5. The van der Waals surface area contributed by atoms with E-state index >= 15 is 0 Å². The van der Waals surface area contributed by atoms with Gasteiger partial charge in [0.1, 0.15) is 17.4 Å². The van der Waals surface area contributed by atoms with Crippen LogP contribution in [0.1, 0.15) is 96.6 Å². The van der Waals surface area contributed by atoms with Gasteiger partial charge in [-0.3, -0.25) is 0 Å². The standard InChI is InChI=1S/C32H50O5Si/c1-12-14-24-19-25-15-13-16-26-29(36-32(8,9)35-26)22(3)18-17-21(2)23(4)34-30(33)28(25)27(20-24)37-38(10,11)31(5,6)7/h13,15,17-23,26,29H,12,14,16H2,1-11H3/b15-13+,18-17-/t21-,22?,23+,26+,29-/m1/s1. The SMILES string of the molecule is CCCc1cc2c(c(O[Si](C)(C)C(C)(C)C)c1)C(=O)O[C@@H](C)[C@H](C)/C=C\C(C)[C@H]1OC(C)(C)O[C@H]1C/C=C/2. The lowest BCUT2D eigenvalue weighted by atomic mass is 9.94. The first kappa shape index (κ1) is 30.6. The van der Waals surface area contributed by atoms with Gasteiger partial charge >= 0.3 is 5.97 Å². The van der Waals surface area contributed by atoms with Gasteiger partial charge in [-0.1, -0.05) is 78.3 Å². The molecule has 5 nitrogen and oxygen atoms in total. The van der Waals surface area contributed by atoms with Crippen LogP contribution in [0.2, 0.25) is 18.1 Å². The highest BCUT2D eigenvalue weighted by Crippen LogP contribution is 2.40. The molecule has 0 amide bonds. The number of hydrogen-bond donors (Lipinski definition) is 0. The molecule has 1 aromatic rings. The molecule has 212 valence electrons. The number of ether oxygens (including phenoxy) is 3. The molecule has 5 atom stereocenters. The summed E-state index contributed by atoms with van der Waals surface area (Å²) in [5, 5.41) is -0.00708. The molecule has 1 unspecified atom stereocenters. The minimum absolute atomic E-state index is 0.00708. The second kappa shape index (κ2) is 11.7. The van der Waals surface area contributed by atoms with Crippen LogP contribution in [0, 0.1) is 11.8 Å². The predicted octanol–water partition coefficient (Wildman–Crippen LogP) is 8.33. The van der Waals surface area contributed by atoms with Crippen molar-refractivity contribution >= 4 is 20.4 Å². The van der Waals surface area contributed by atoms with Crippen molar-refractivity contribution in [2.75, 3.05) is 0 Å². The van der Waals surface area contributed by atoms with Gasteiger partial charge in [0.25, 0.3) is 8.32 Å². The highest BCUT2D eigenvalue weighted by atomic mass is 28.4. The van der Waals surface area contributed by atoms with Crippen molar-refractivity contribution in [2.45, 2.75) is 124 Å². The van der Waals surface area contributed by atoms with E-state index in [2.05, 4.69) is 85.0 Å². The molecule has 6 heteroatoms. The summed E-state index contributed by atoms with van der Waals surface area (Å²) in [6.07, 6.45) is 10.6. The van der Waals surface area contributed by atoms with Crippen molar-refractivity contribution < 1.29 is 23.4 Å². The van der Waals surface area contributed by atoms with Gasteiger partial charge in [-0.2, -0.15) is 0 Å². The van der Waals surface area contributed by atoms with E-state index in [0.717, 1.165) is 24.0 Å². The van der Waals surface area contributed by atoms with Crippen molar-refractivity contribution in [1.29, 1.82) is 0 Å². The van der Waals surface area contributed by atoms with Crippen molar-refractivity contribution in [3.63, 3.8) is 0 Å². The van der Waals surface area contributed by atoms with Crippen LogP contribution >= 0.6 is 0 Å². The summed E-state index contributed by atoms with van der Waals surface area (Å²) >= 11 is 0. The molecule has 0 aromatic heterocycles. The Hall–Kier alpha value is -1.89. The third-order valence-corrected chi connectivity index (χ3v) is 12.6. The molecule has 0 N–H and O–H groups in total. The van der Waals surface area contributed by atoms with E-state index in [4.69, 9.17) is 18.6 Å². The second-order valence-corrected chi connectivity index (χ2v) is 17.9. The molecule has 0 bridgehead atoms. The van der Waals surface area contributed by atoms with Gasteiger partial charge in [-0.05, 0) is 68.9 Å². The van der Waals surface area contributed by atoms with Gasteiger partial charge in [0.05, 0.1) is 12.2 Å². The van der Waals surface area contributed by atoms with Gasteiger partial charge in [0, 0.05) is 11.8 Å². The fraction of sp³-hybridized carbons (Fsp3) is 0.656. The lowest BCUT2D eigenvalue weighted by molar-refractivity contribution is -0.148. The largest absolute Gasteiger partial charge is 0.543 e. The number of cyclic esters (lactones) is 1. The minimum atomic E-state index is -2.22. The van der Waals surface area contributed by atoms with E-state index < -0.39 is 14.1 Å². The van der Waals surface area contributed by atoms with Crippen LogP contribution in [0.25, 0.3) is 6.08 Å². The monoisotopic (exact) mass is 542 g/mol. The van der Waals surface area contributed by atoms with E-state index in [-0.39, 0.29) is 41.2 Å². The lowest BCUT2D eigenvalue weighted by Crippen LogP contribution is -2.44. The molecule has 2 aliphatic rings. The molecule has 38 heavy (non-hydrogen) atoms. The first-order valence-corrected chi connectivity index (χ1v) is 17.2. The summed E-state index contributed by atoms with van der Waals surface area (Å²) in [5.74, 6) is -0.118. The number of benzene rings is 1. The fourth-order valence-corrected chi connectivity index (χ4v) is 5.78. The van der Waals surface area contributed by atoms with Crippen LogP contribution in [0.3, 0.4) is 0 Å². The number of hydrogen-bond acceptors (Lipinski definition) is 5. The average molecular weight is 543 g/mol. The third kappa shape index (κ3) is 7.19. The molecule has 2 aliphatic heterocycles. The summed E-state index contributed by atoms with van der Waals surface area (Å²) < 4.78 is 25.5. The molecule has 1 saturated heterocycles. The number of esters is 1. The lowest BCUT2D eigenvalue weighted by Gasteiger charge is -2.37. The number of carbonyl (C=O) groups is 1. The number of fused-ring (bicyclic) bond motifs is 2. The number of aryl methyl sites for hydroxylation is 1. The van der Waals surface area contributed by atoms with Crippen LogP contribution in [0.15, 0.2) is 30.4 Å². The molecular weight excluding hydrogens is 492 g/mol. The smallest absolute Gasteiger partial charge is 0.342 e. The Morgan fingerprint density at radius 3 is 2.34 bits per heavy atom. The zero-order chi connectivity index (χ0) is 28.5. The van der Waals surface area contributed by atoms with Crippen LogP contribution in [0.5, 0.6) is 5.75 Å². The molecular formula is C32H50O5Si. The maximum absolute atomic E-state index is 13.8. The Balaban J connectivity index is 2.15. The van der Waals surface area contributed by atoms with Gasteiger partial charge < -0.3 is 18.6 Å². The van der Waals surface area contributed by atoms with Crippen molar-refractivity contribution in [3.05, 3.63) is 47.1 Å².